The first-order chi connectivity index (χ1) is 23.0. The number of carbonyl (C=O) groups is 2. The number of likely N-dealkylation sites (tertiary alicyclic amines) is 2. The summed E-state index contributed by atoms with van der Waals surface area (Å²) in [5, 5.41) is 0. The maximum absolute atomic E-state index is 13.5. The molecule has 2 aromatic carbocycles. The number of rotatable bonds is 8. The fraction of sp³-hybridized carbons (Fsp3) is 0.447. The van der Waals surface area contributed by atoms with Gasteiger partial charge in [0, 0.05) is 30.1 Å². The second-order valence-electron chi connectivity index (χ2n) is 13.6. The van der Waals surface area contributed by atoms with E-state index in [1.807, 2.05) is 60.2 Å². The molecular formula is C38H46N6O2PS+. The molecule has 2 amide bonds. The van der Waals surface area contributed by atoms with Crippen molar-refractivity contribution >= 4 is 48.5 Å². The fourth-order valence-corrected chi connectivity index (χ4v) is 8.28. The highest BCUT2D eigenvalue weighted by Gasteiger charge is 2.48. The Balaban J connectivity index is 1.17. The largest absolute Gasteiger partial charge is 0.340 e. The maximum atomic E-state index is 13.5. The number of imidazole rings is 2. The van der Waals surface area contributed by atoms with Gasteiger partial charge in [0.1, 0.15) is 16.5 Å². The highest BCUT2D eigenvalue weighted by Crippen LogP contribution is 2.47. The van der Waals surface area contributed by atoms with Crippen molar-refractivity contribution in [2.24, 2.45) is 11.8 Å². The molecule has 5 unspecified atom stereocenters. The van der Waals surface area contributed by atoms with Crippen LogP contribution in [0.1, 0.15) is 82.2 Å². The lowest BCUT2D eigenvalue weighted by molar-refractivity contribution is -0.138. The topological polar surface area (TPSA) is 98.0 Å². The average Bonchev–Trinajstić information content (AvgIpc) is 3.91. The minimum atomic E-state index is -0.576. The number of thioether (sulfide) groups is 1. The third kappa shape index (κ3) is 6.45. The number of nitrogens with one attached hydrogen (secondary N) is 2. The van der Waals surface area contributed by atoms with Crippen molar-refractivity contribution in [3.8, 4) is 23.1 Å². The van der Waals surface area contributed by atoms with Gasteiger partial charge >= 0.3 is 0 Å². The van der Waals surface area contributed by atoms with E-state index >= 15 is 0 Å². The van der Waals surface area contributed by atoms with Gasteiger partial charge in [-0.15, -0.1) is 11.8 Å². The Morgan fingerprint density at radius 3 is 2.46 bits per heavy atom. The van der Waals surface area contributed by atoms with Gasteiger partial charge in [-0.3, -0.25) is 9.59 Å². The number of aromatic amines is 2. The molecule has 4 aromatic rings. The van der Waals surface area contributed by atoms with Crippen molar-refractivity contribution in [1.29, 1.82) is 0 Å². The Morgan fingerprint density at radius 2 is 1.75 bits per heavy atom. The summed E-state index contributed by atoms with van der Waals surface area (Å²) in [6.07, 6.45) is 11.8. The molecule has 0 spiro atoms. The minimum absolute atomic E-state index is 0.0171. The zero-order chi connectivity index (χ0) is 34.2. The van der Waals surface area contributed by atoms with Gasteiger partial charge in [0.2, 0.25) is 5.91 Å². The summed E-state index contributed by atoms with van der Waals surface area (Å²) in [6, 6.07) is 14.2. The zero-order valence-electron chi connectivity index (χ0n) is 28.8. The van der Waals surface area contributed by atoms with Crippen molar-refractivity contribution in [3.63, 3.8) is 0 Å². The first-order valence-corrected chi connectivity index (χ1v) is 20.2. The van der Waals surface area contributed by atoms with Crippen LogP contribution in [0.25, 0.3) is 22.3 Å². The number of benzene rings is 2. The number of carbonyl (C=O) groups excluding carboxylic acids is 2. The smallest absolute Gasteiger partial charge is 0.270 e. The zero-order valence-corrected chi connectivity index (χ0v) is 30.5. The molecule has 6 rings (SSSR count). The van der Waals surface area contributed by atoms with Gasteiger partial charge in [0.05, 0.1) is 49.5 Å². The third-order valence-corrected chi connectivity index (χ3v) is 13.0. The lowest BCUT2D eigenvalue weighted by atomic mass is 9.96. The molecule has 2 fully saturated rings. The van der Waals surface area contributed by atoms with Gasteiger partial charge in [-0.1, -0.05) is 44.7 Å². The fourth-order valence-electron chi connectivity index (χ4n) is 6.71. The summed E-state index contributed by atoms with van der Waals surface area (Å²) >= 11 is 1.70. The Bertz CT molecular complexity index is 1900. The van der Waals surface area contributed by atoms with Gasteiger partial charge in [-0.05, 0) is 80.7 Å². The van der Waals surface area contributed by atoms with E-state index in [1.54, 1.807) is 11.8 Å². The number of aromatic nitrogens is 4. The summed E-state index contributed by atoms with van der Waals surface area (Å²) in [7, 11) is -0.576. The number of hydrogen-bond donors (Lipinski definition) is 2. The van der Waals surface area contributed by atoms with E-state index in [0.29, 0.717) is 0 Å². The molecule has 250 valence electrons. The van der Waals surface area contributed by atoms with Gasteiger partial charge < -0.3 is 19.8 Å². The van der Waals surface area contributed by atoms with Crippen molar-refractivity contribution in [2.45, 2.75) is 70.0 Å². The first kappa shape index (κ1) is 34.0. The standard InChI is InChI=1S/C38H46N6O2PS/c1-24(2)25(3)35(45)44-21-9-19-38(44,48-7)37-41-30-18-15-28(22-31(30)42-37)12-11-27-13-16-29(17-14-27)32-23-39-34(40-32)33-10-8-20-43(33)36(46)26(4)47(5)6/h13-18,22-26,33H,5,8-10,19-21H2,1-4,6-7H3,(H,39,40)(H,41,42)/q+1. The monoisotopic (exact) mass is 681 g/mol. The Hall–Kier alpha value is -3.86. The molecule has 2 N–H and O–H groups in total. The van der Waals surface area contributed by atoms with Gasteiger partial charge in [-0.25, -0.2) is 9.97 Å². The molecule has 10 heteroatoms. The predicted molar refractivity (Wildman–Crippen MR) is 199 cm³/mol. The molecule has 2 aliphatic rings. The van der Waals surface area contributed by atoms with Crippen LogP contribution < -0.4 is 0 Å². The van der Waals surface area contributed by atoms with Crippen molar-refractivity contribution in [2.75, 3.05) is 26.0 Å². The molecule has 8 nitrogen and oxygen atoms in total. The van der Waals surface area contributed by atoms with E-state index in [1.165, 1.54) is 0 Å². The lowest BCUT2D eigenvalue weighted by Crippen LogP contribution is -2.46. The van der Waals surface area contributed by atoms with Crippen LogP contribution in [-0.4, -0.2) is 79.5 Å². The molecule has 0 radical (unpaired) electrons. The van der Waals surface area contributed by atoms with Crippen molar-refractivity contribution in [3.05, 3.63) is 71.4 Å². The van der Waals surface area contributed by atoms with E-state index in [-0.39, 0.29) is 35.4 Å². The summed E-state index contributed by atoms with van der Waals surface area (Å²) in [5.41, 5.74) is 5.51. The Labute approximate surface area is 289 Å². The molecular weight excluding hydrogens is 635 g/mol. The minimum Gasteiger partial charge on any atom is -0.340 e. The molecule has 0 aliphatic carbocycles. The van der Waals surface area contributed by atoms with E-state index < -0.39 is 12.4 Å². The van der Waals surface area contributed by atoms with Crippen LogP contribution in [0, 0.1) is 23.7 Å². The highest BCUT2D eigenvalue weighted by atomic mass is 32.2. The molecule has 2 aromatic heterocycles. The average molecular weight is 682 g/mol. The number of H-pyrrole nitrogens is 2. The molecule has 2 saturated heterocycles. The van der Waals surface area contributed by atoms with E-state index in [0.717, 1.165) is 83.8 Å². The molecule has 2 aliphatic heterocycles. The normalized spacial score (nSPS) is 21.0. The summed E-state index contributed by atoms with van der Waals surface area (Å²) in [4.78, 5) is 46.8. The van der Waals surface area contributed by atoms with Crippen LogP contribution in [0.2, 0.25) is 0 Å². The van der Waals surface area contributed by atoms with Gasteiger partial charge in [-0.2, -0.15) is 0 Å². The molecule has 4 heterocycles. The third-order valence-electron chi connectivity index (χ3n) is 10.2. The van der Waals surface area contributed by atoms with Crippen molar-refractivity contribution in [1.82, 2.24) is 29.7 Å². The van der Waals surface area contributed by atoms with Crippen LogP contribution in [0.5, 0.6) is 0 Å². The number of hydrogen-bond acceptors (Lipinski definition) is 5. The lowest BCUT2D eigenvalue weighted by Gasteiger charge is -2.37. The summed E-state index contributed by atoms with van der Waals surface area (Å²) < 4.78 is 0. The second kappa shape index (κ2) is 13.9. The van der Waals surface area contributed by atoms with Gasteiger partial charge in [0.15, 0.2) is 5.66 Å². The summed E-state index contributed by atoms with van der Waals surface area (Å²) in [6.45, 7) is 11.8. The van der Waals surface area contributed by atoms with Crippen molar-refractivity contribution < 1.29 is 9.59 Å². The summed E-state index contributed by atoms with van der Waals surface area (Å²) in [5.74, 6) is 8.92. The second-order valence-corrected chi connectivity index (χ2v) is 16.9. The first-order valence-electron chi connectivity index (χ1n) is 16.9. The van der Waals surface area contributed by atoms with Crippen LogP contribution in [-0.2, 0) is 14.5 Å². The van der Waals surface area contributed by atoms with Crippen LogP contribution >= 0.6 is 19.3 Å². The van der Waals surface area contributed by atoms with E-state index in [2.05, 4.69) is 72.0 Å². The number of amides is 2. The predicted octanol–water partition coefficient (Wildman–Crippen LogP) is 7.38. The number of fused-ring (bicyclic) bond motifs is 1. The van der Waals surface area contributed by atoms with Crippen LogP contribution in [0.3, 0.4) is 0 Å². The Kier molecular flexibility index (Phi) is 9.88. The Morgan fingerprint density at radius 1 is 1.02 bits per heavy atom. The van der Waals surface area contributed by atoms with Crippen LogP contribution in [0.4, 0.5) is 0 Å². The maximum Gasteiger partial charge on any atom is 0.270 e. The molecule has 48 heavy (non-hydrogen) atoms. The number of nitrogens with zero attached hydrogens (tertiary/aromatic N) is 4. The molecule has 0 bridgehead atoms. The quantitative estimate of drug-likeness (QED) is 0.150. The van der Waals surface area contributed by atoms with E-state index in [4.69, 9.17) is 4.98 Å². The van der Waals surface area contributed by atoms with Crippen LogP contribution in [0.15, 0.2) is 48.7 Å². The highest BCUT2D eigenvalue weighted by molar-refractivity contribution is 7.99. The molecule has 5 atom stereocenters. The molecule has 0 saturated carbocycles. The SMILES string of the molecule is C=[P+](C)C(C)C(=O)N1CCCC1c1ncc(-c2ccc(C#Cc3ccc4nc(C5(SC)CCCN5C(=O)C(C)C(C)C)[nH]c4c3)cc2)[nH]1. The van der Waals surface area contributed by atoms with E-state index in [9.17, 15) is 9.59 Å². The van der Waals surface area contributed by atoms with Gasteiger partial charge in [0.25, 0.3) is 5.91 Å².